The summed E-state index contributed by atoms with van der Waals surface area (Å²) in [5.74, 6) is 0.380. The van der Waals surface area contributed by atoms with Crippen molar-refractivity contribution >= 4 is 17.4 Å². The number of carbonyl (C=O) groups excluding carboxylic acids is 1. The van der Waals surface area contributed by atoms with Crippen molar-refractivity contribution in [2.45, 2.75) is 45.4 Å². The second-order valence-electron chi connectivity index (χ2n) is 8.65. The van der Waals surface area contributed by atoms with Gasteiger partial charge in [0, 0.05) is 23.7 Å². The van der Waals surface area contributed by atoms with Crippen molar-refractivity contribution in [1.82, 2.24) is 9.97 Å². The van der Waals surface area contributed by atoms with Gasteiger partial charge in [0.25, 0.3) is 0 Å². The van der Waals surface area contributed by atoms with Gasteiger partial charge in [0.1, 0.15) is 11.9 Å². The van der Waals surface area contributed by atoms with Crippen LogP contribution in [0, 0.1) is 5.92 Å². The Morgan fingerprint density at radius 1 is 1.10 bits per heavy atom. The standard InChI is InChI=1S/C25H28N4O2/c1-16(2)23(30)29-21-14-17(10-13-27-21)22-24(31-22)28-20-15-26-12-11-19(20)25(3,4)18-8-6-5-7-9-18/h5-16,22,24,28H,1-4H3,(H,27,29,30). The van der Waals surface area contributed by atoms with Gasteiger partial charge in [-0.1, -0.05) is 58.0 Å². The summed E-state index contributed by atoms with van der Waals surface area (Å²) in [5.41, 5.74) is 4.12. The minimum atomic E-state index is -0.193. The first kappa shape index (κ1) is 21.0. The van der Waals surface area contributed by atoms with Gasteiger partial charge in [-0.3, -0.25) is 9.78 Å². The van der Waals surface area contributed by atoms with Gasteiger partial charge in [-0.25, -0.2) is 4.98 Å². The second kappa shape index (κ2) is 8.47. The van der Waals surface area contributed by atoms with Crippen LogP contribution in [0.2, 0.25) is 0 Å². The van der Waals surface area contributed by atoms with Crippen LogP contribution in [0.4, 0.5) is 11.5 Å². The zero-order chi connectivity index (χ0) is 22.0. The van der Waals surface area contributed by atoms with E-state index < -0.39 is 0 Å². The molecule has 2 unspecified atom stereocenters. The number of benzene rings is 1. The predicted octanol–water partition coefficient (Wildman–Crippen LogP) is 4.91. The maximum absolute atomic E-state index is 12.0. The van der Waals surface area contributed by atoms with E-state index in [-0.39, 0.29) is 29.6 Å². The van der Waals surface area contributed by atoms with Crippen LogP contribution < -0.4 is 10.6 Å². The first-order valence-corrected chi connectivity index (χ1v) is 10.5. The Morgan fingerprint density at radius 2 is 1.87 bits per heavy atom. The number of anilines is 2. The molecule has 1 aliphatic heterocycles. The Balaban J connectivity index is 1.50. The largest absolute Gasteiger partial charge is 0.356 e. The van der Waals surface area contributed by atoms with Gasteiger partial charge < -0.3 is 15.4 Å². The van der Waals surface area contributed by atoms with Crippen LogP contribution in [0.1, 0.15) is 50.5 Å². The van der Waals surface area contributed by atoms with Crippen LogP contribution in [0.15, 0.2) is 67.1 Å². The summed E-state index contributed by atoms with van der Waals surface area (Å²) >= 11 is 0. The first-order valence-electron chi connectivity index (χ1n) is 10.5. The maximum Gasteiger partial charge on any atom is 0.228 e. The molecule has 3 aromatic rings. The number of epoxide rings is 1. The van der Waals surface area contributed by atoms with E-state index in [0.29, 0.717) is 5.82 Å². The summed E-state index contributed by atoms with van der Waals surface area (Å²) < 4.78 is 5.91. The van der Waals surface area contributed by atoms with Gasteiger partial charge in [0.15, 0.2) is 6.23 Å². The molecule has 160 valence electrons. The maximum atomic E-state index is 12.0. The molecule has 2 N–H and O–H groups in total. The van der Waals surface area contributed by atoms with Gasteiger partial charge in [-0.2, -0.15) is 0 Å². The highest BCUT2D eigenvalue weighted by Crippen LogP contribution is 2.42. The summed E-state index contributed by atoms with van der Waals surface area (Å²) in [5, 5.41) is 6.34. The minimum absolute atomic E-state index is 0.0563. The molecular weight excluding hydrogens is 388 g/mol. The Morgan fingerprint density at radius 3 is 2.61 bits per heavy atom. The zero-order valence-electron chi connectivity index (χ0n) is 18.3. The highest BCUT2D eigenvalue weighted by molar-refractivity contribution is 5.91. The van der Waals surface area contributed by atoms with Crippen LogP contribution in [0.25, 0.3) is 0 Å². The SMILES string of the molecule is CC(C)C(=O)Nc1cc(C2OC2Nc2cnccc2C(C)(C)c2ccccc2)ccn1. The van der Waals surface area contributed by atoms with E-state index in [9.17, 15) is 4.79 Å². The quantitative estimate of drug-likeness (QED) is 0.535. The molecule has 1 aromatic carbocycles. The Labute approximate surface area is 183 Å². The summed E-state index contributed by atoms with van der Waals surface area (Å²) in [6, 6.07) is 16.3. The van der Waals surface area contributed by atoms with E-state index >= 15 is 0 Å². The van der Waals surface area contributed by atoms with E-state index in [1.165, 1.54) is 5.56 Å². The number of aromatic nitrogens is 2. The van der Waals surface area contributed by atoms with Crippen molar-refractivity contribution in [1.29, 1.82) is 0 Å². The molecule has 6 heteroatoms. The van der Waals surface area contributed by atoms with Gasteiger partial charge in [0.2, 0.25) is 5.91 Å². The first-order chi connectivity index (χ1) is 14.9. The van der Waals surface area contributed by atoms with E-state index in [4.69, 9.17) is 4.74 Å². The van der Waals surface area contributed by atoms with Crippen LogP contribution in [-0.4, -0.2) is 22.1 Å². The van der Waals surface area contributed by atoms with E-state index in [0.717, 1.165) is 16.8 Å². The second-order valence-corrected chi connectivity index (χ2v) is 8.65. The fourth-order valence-corrected chi connectivity index (χ4v) is 3.66. The van der Waals surface area contributed by atoms with Crippen molar-refractivity contribution in [2.75, 3.05) is 10.6 Å². The number of carbonyl (C=O) groups is 1. The average Bonchev–Trinajstić information content (AvgIpc) is 3.54. The lowest BCUT2D eigenvalue weighted by Crippen LogP contribution is -2.22. The number of nitrogens with zero attached hydrogens (tertiary/aromatic N) is 2. The number of rotatable bonds is 7. The highest BCUT2D eigenvalue weighted by Gasteiger charge is 2.41. The fourth-order valence-electron chi connectivity index (χ4n) is 3.66. The van der Waals surface area contributed by atoms with Gasteiger partial charge in [0.05, 0.1) is 11.9 Å². The monoisotopic (exact) mass is 416 g/mol. The summed E-state index contributed by atoms with van der Waals surface area (Å²) in [4.78, 5) is 20.5. The number of hydrogen-bond acceptors (Lipinski definition) is 5. The molecule has 1 saturated heterocycles. The molecule has 0 bridgehead atoms. The van der Waals surface area contributed by atoms with Gasteiger partial charge in [-0.05, 0) is 34.9 Å². The Hall–Kier alpha value is -3.25. The van der Waals surface area contributed by atoms with Crippen molar-refractivity contribution in [2.24, 2.45) is 5.92 Å². The molecule has 0 radical (unpaired) electrons. The molecule has 31 heavy (non-hydrogen) atoms. The molecule has 4 rings (SSSR count). The number of pyridine rings is 2. The third-order valence-corrected chi connectivity index (χ3v) is 5.67. The fraction of sp³-hybridized carbons (Fsp3) is 0.320. The van der Waals surface area contributed by atoms with Crippen molar-refractivity contribution in [3.63, 3.8) is 0 Å². The van der Waals surface area contributed by atoms with Crippen LogP contribution in [-0.2, 0) is 14.9 Å². The normalized spacial score (nSPS) is 18.0. The molecule has 0 aliphatic carbocycles. The van der Waals surface area contributed by atoms with Crippen molar-refractivity contribution in [3.8, 4) is 0 Å². The third kappa shape index (κ3) is 4.59. The molecule has 2 atom stereocenters. The molecule has 1 aliphatic rings. The van der Waals surface area contributed by atoms with Crippen LogP contribution in [0.3, 0.4) is 0 Å². The third-order valence-electron chi connectivity index (χ3n) is 5.67. The van der Waals surface area contributed by atoms with Crippen LogP contribution in [0.5, 0.6) is 0 Å². The van der Waals surface area contributed by atoms with E-state index in [1.807, 2.05) is 44.4 Å². The Bertz CT molecular complexity index is 1070. The average molecular weight is 417 g/mol. The Kier molecular flexibility index (Phi) is 5.74. The van der Waals surface area contributed by atoms with E-state index in [1.54, 1.807) is 6.20 Å². The highest BCUT2D eigenvalue weighted by atomic mass is 16.6. The lowest BCUT2D eigenvalue weighted by atomic mass is 9.78. The predicted molar refractivity (Wildman–Crippen MR) is 122 cm³/mol. The number of hydrogen-bond donors (Lipinski definition) is 2. The summed E-state index contributed by atoms with van der Waals surface area (Å²) in [7, 11) is 0. The van der Waals surface area contributed by atoms with Gasteiger partial charge in [-0.15, -0.1) is 0 Å². The number of ether oxygens (including phenoxy) is 1. The number of nitrogens with one attached hydrogen (secondary N) is 2. The molecule has 1 fully saturated rings. The van der Waals surface area contributed by atoms with Crippen molar-refractivity contribution in [3.05, 3.63) is 83.8 Å². The van der Waals surface area contributed by atoms with Crippen LogP contribution >= 0.6 is 0 Å². The lowest BCUT2D eigenvalue weighted by Gasteiger charge is -2.28. The smallest absolute Gasteiger partial charge is 0.228 e. The molecular formula is C25H28N4O2. The topological polar surface area (TPSA) is 79.4 Å². The molecule has 0 spiro atoms. The lowest BCUT2D eigenvalue weighted by molar-refractivity contribution is -0.118. The molecule has 3 heterocycles. The minimum Gasteiger partial charge on any atom is -0.356 e. The van der Waals surface area contributed by atoms with Gasteiger partial charge >= 0.3 is 0 Å². The summed E-state index contributed by atoms with van der Waals surface area (Å²) in [6.45, 7) is 8.12. The molecule has 6 nitrogen and oxygen atoms in total. The zero-order valence-corrected chi connectivity index (χ0v) is 18.3. The van der Waals surface area contributed by atoms with E-state index in [2.05, 4.69) is 64.8 Å². The molecule has 2 aromatic heterocycles. The molecule has 0 saturated carbocycles. The number of amides is 1. The molecule has 1 amide bonds. The summed E-state index contributed by atoms with van der Waals surface area (Å²) in [6.07, 6.45) is 5.09. The van der Waals surface area contributed by atoms with Crippen molar-refractivity contribution < 1.29 is 9.53 Å².